The summed E-state index contributed by atoms with van der Waals surface area (Å²) in [6.45, 7) is 6.39. The standard InChI is InChI=1S/C24H27F3N2O/c1-28-22(12-9-19-7-10-21(11-8-19)24(25,26)27)17-30-18-23(13-15-29-16-14-23)20-5-3-2-4-6-20/h2-7,9-12,29H,1,8,13-18H2/b19-9-,22-12-. The first-order chi connectivity index (χ1) is 14.4. The van der Waals surface area contributed by atoms with Crippen LogP contribution in [0.2, 0.25) is 0 Å². The summed E-state index contributed by atoms with van der Waals surface area (Å²) >= 11 is 0. The maximum atomic E-state index is 12.7. The van der Waals surface area contributed by atoms with Gasteiger partial charge < -0.3 is 10.1 Å². The topological polar surface area (TPSA) is 33.6 Å². The van der Waals surface area contributed by atoms with Crippen molar-refractivity contribution in [3.05, 3.63) is 83.1 Å². The fourth-order valence-electron chi connectivity index (χ4n) is 3.81. The number of nitrogens with one attached hydrogen (secondary N) is 1. The van der Waals surface area contributed by atoms with Crippen LogP contribution in [0.15, 0.2) is 82.5 Å². The number of aliphatic imine (C=N–C) groups is 1. The van der Waals surface area contributed by atoms with Crippen molar-refractivity contribution in [3.8, 4) is 0 Å². The van der Waals surface area contributed by atoms with Crippen LogP contribution < -0.4 is 5.32 Å². The predicted molar refractivity (Wildman–Crippen MR) is 115 cm³/mol. The van der Waals surface area contributed by atoms with Gasteiger partial charge in [0.1, 0.15) is 0 Å². The number of alkyl halides is 3. The normalized spacial score (nSPS) is 20.8. The molecule has 6 heteroatoms. The Hall–Kier alpha value is -2.44. The number of allylic oxidation sites excluding steroid dienone is 7. The second-order valence-electron chi connectivity index (χ2n) is 7.64. The van der Waals surface area contributed by atoms with Crippen molar-refractivity contribution in [2.75, 3.05) is 26.3 Å². The van der Waals surface area contributed by atoms with Gasteiger partial charge in [0.05, 0.1) is 24.5 Å². The van der Waals surface area contributed by atoms with E-state index in [9.17, 15) is 13.2 Å². The molecule has 0 saturated carbocycles. The maximum absolute atomic E-state index is 12.7. The summed E-state index contributed by atoms with van der Waals surface area (Å²) in [5, 5.41) is 3.40. The lowest BCUT2D eigenvalue weighted by molar-refractivity contribution is -0.0885. The van der Waals surface area contributed by atoms with Crippen molar-refractivity contribution < 1.29 is 17.9 Å². The second-order valence-corrected chi connectivity index (χ2v) is 7.64. The van der Waals surface area contributed by atoms with Gasteiger partial charge >= 0.3 is 6.18 Å². The molecular formula is C24H27F3N2O. The summed E-state index contributed by atoms with van der Waals surface area (Å²) in [6.07, 6.45) is 5.24. The van der Waals surface area contributed by atoms with Crippen LogP contribution in [0.25, 0.3) is 0 Å². The van der Waals surface area contributed by atoms with Crippen LogP contribution in [0.1, 0.15) is 24.8 Å². The van der Waals surface area contributed by atoms with E-state index in [1.54, 1.807) is 12.2 Å². The zero-order chi connectivity index (χ0) is 21.5. The molecule has 1 heterocycles. The van der Waals surface area contributed by atoms with Gasteiger partial charge in [0, 0.05) is 5.41 Å². The molecule has 1 fully saturated rings. The van der Waals surface area contributed by atoms with Crippen LogP contribution >= 0.6 is 0 Å². The van der Waals surface area contributed by atoms with E-state index in [2.05, 4.69) is 41.3 Å². The molecule has 1 aliphatic heterocycles. The number of rotatable bonds is 7. The lowest BCUT2D eigenvalue weighted by atomic mass is 9.74. The van der Waals surface area contributed by atoms with Crippen molar-refractivity contribution >= 4 is 6.72 Å². The van der Waals surface area contributed by atoms with Gasteiger partial charge in [-0.2, -0.15) is 13.2 Å². The third-order valence-corrected chi connectivity index (χ3v) is 5.63. The number of nitrogens with zero attached hydrogens (tertiary/aromatic N) is 1. The lowest BCUT2D eigenvalue weighted by Gasteiger charge is -2.38. The highest BCUT2D eigenvalue weighted by Crippen LogP contribution is 2.34. The summed E-state index contributed by atoms with van der Waals surface area (Å²) in [5.41, 5.74) is 2.08. The molecule has 0 bridgehead atoms. The molecule has 0 radical (unpaired) electrons. The molecular weight excluding hydrogens is 389 g/mol. The van der Waals surface area contributed by atoms with Crippen molar-refractivity contribution in [1.82, 2.24) is 5.32 Å². The Balaban J connectivity index is 1.60. The molecule has 1 N–H and O–H groups in total. The summed E-state index contributed by atoms with van der Waals surface area (Å²) in [7, 11) is 0. The fraction of sp³-hybridized carbons (Fsp3) is 0.375. The van der Waals surface area contributed by atoms with E-state index in [4.69, 9.17) is 4.74 Å². The first kappa shape index (κ1) is 22.2. The van der Waals surface area contributed by atoms with Gasteiger partial charge in [-0.05, 0) is 56.3 Å². The van der Waals surface area contributed by atoms with E-state index in [0.717, 1.165) is 37.6 Å². The summed E-state index contributed by atoms with van der Waals surface area (Å²) in [4.78, 5) is 4.01. The van der Waals surface area contributed by atoms with Crippen LogP contribution in [-0.2, 0) is 10.2 Å². The number of piperidine rings is 1. The third kappa shape index (κ3) is 5.80. The Bertz CT molecular complexity index is 845. The van der Waals surface area contributed by atoms with Crippen LogP contribution in [-0.4, -0.2) is 39.2 Å². The van der Waals surface area contributed by atoms with Gasteiger partial charge in [-0.15, -0.1) is 0 Å². The largest absolute Gasteiger partial charge is 0.416 e. The van der Waals surface area contributed by atoms with Crippen molar-refractivity contribution in [3.63, 3.8) is 0 Å². The average Bonchev–Trinajstić information content (AvgIpc) is 2.77. The van der Waals surface area contributed by atoms with E-state index in [-0.39, 0.29) is 11.8 Å². The molecule has 0 atom stereocenters. The summed E-state index contributed by atoms with van der Waals surface area (Å²) < 4.78 is 44.1. The minimum Gasteiger partial charge on any atom is -0.374 e. The fourth-order valence-corrected chi connectivity index (χ4v) is 3.81. The molecule has 1 aromatic rings. The van der Waals surface area contributed by atoms with Gasteiger partial charge in [0.15, 0.2) is 0 Å². The van der Waals surface area contributed by atoms with Crippen LogP contribution in [0, 0.1) is 0 Å². The first-order valence-corrected chi connectivity index (χ1v) is 10.1. The van der Waals surface area contributed by atoms with Gasteiger partial charge in [-0.25, -0.2) is 0 Å². The first-order valence-electron chi connectivity index (χ1n) is 10.1. The van der Waals surface area contributed by atoms with Gasteiger partial charge in [-0.3, -0.25) is 4.99 Å². The molecule has 0 unspecified atom stereocenters. The van der Waals surface area contributed by atoms with Crippen LogP contribution in [0.3, 0.4) is 0 Å². The van der Waals surface area contributed by atoms with Crippen LogP contribution in [0.5, 0.6) is 0 Å². The molecule has 2 aliphatic rings. The predicted octanol–water partition coefficient (Wildman–Crippen LogP) is 5.28. The lowest BCUT2D eigenvalue weighted by Crippen LogP contribution is -2.43. The maximum Gasteiger partial charge on any atom is 0.416 e. The Kier molecular flexibility index (Phi) is 7.45. The van der Waals surface area contributed by atoms with Gasteiger partial charge in [-0.1, -0.05) is 54.6 Å². The average molecular weight is 416 g/mol. The van der Waals surface area contributed by atoms with E-state index in [1.807, 2.05) is 6.07 Å². The highest BCUT2D eigenvalue weighted by molar-refractivity contribution is 5.40. The molecule has 0 aromatic heterocycles. The molecule has 160 valence electrons. The molecule has 1 aromatic carbocycles. The minimum absolute atomic E-state index is 0.0256. The quantitative estimate of drug-likeness (QED) is 0.614. The molecule has 30 heavy (non-hydrogen) atoms. The van der Waals surface area contributed by atoms with E-state index in [1.165, 1.54) is 17.7 Å². The monoisotopic (exact) mass is 416 g/mol. The van der Waals surface area contributed by atoms with E-state index < -0.39 is 11.7 Å². The molecule has 1 aliphatic carbocycles. The highest BCUT2D eigenvalue weighted by atomic mass is 19.4. The molecule has 3 nitrogen and oxygen atoms in total. The SMILES string of the molecule is C=N/C(=C\C=C1\C=CC(C(F)(F)F)=CC1)COCC1(c2ccccc2)CCNCC1. The van der Waals surface area contributed by atoms with E-state index in [0.29, 0.717) is 18.9 Å². The number of hydrogen-bond acceptors (Lipinski definition) is 3. The third-order valence-electron chi connectivity index (χ3n) is 5.63. The summed E-state index contributed by atoms with van der Waals surface area (Å²) in [5.74, 6) is 0. The van der Waals surface area contributed by atoms with Gasteiger partial charge in [0.25, 0.3) is 0 Å². The highest BCUT2D eigenvalue weighted by Gasteiger charge is 2.34. The second kappa shape index (κ2) is 10.0. The number of ether oxygens (including phenoxy) is 1. The molecule has 1 saturated heterocycles. The minimum atomic E-state index is -4.30. The van der Waals surface area contributed by atoms with E-state index >= 15 is 0 Å². The molecule has 3 rings (SSSR count). The number of benzene rings is 1. The zero-order valence-corrected chi connectivity index (χ0v) is 16.9. The van der Waals surface area contributed by atoms with Crippen molar-refractivity contribution in [2.45, 2.75) is 30.9 Å². The Morgan fingerprint density at radius 1 is 1.17 bits per heavy atom. The Morgan fingerprint density at radius 3 is 2.50 bits per heavy atom. The molecule has 0 spiro atoms. The number of hydrogen-bond donors (Lipinski definition) is 1. The van der Waals surface area contributed by atoms with Crippen molar-refractivity contribution in [2.24, 2.45) is 4.99 Å². The van der Waals surface area contributed by atoms with Gasteiger partial charge in [0.2, 0.25) is 0 Å². The summed E-state index contributed by atoms with van der Waals surface area (Å²) in [6, 6.07) is 10.4. The Morgan fingerprint density at radius 2 is 1.90 bits per heavy atom. The Labute approximate surface area is 175 Å². The number of halogens is 3. The molecule has 0 amide bonds. The smallest absolute Gasteiger partial charge is 0.374 e. The zero-order valence-electron chi connectivity index (χ0n) is 16.9. The van der Waals surface area contributed by atoms with Crippen LogP contribution in [0.4, 0.5) is 13.2 Å². The van der Waals surface area contributed by atoms with Crippen molar-refractivity contribution in [1.29, 1.82) is 0 Å².